The van der Waals surface area contributed by atoms with E-state index < -0.39 is 30.4 Å². The standard InChI is InChI=1S/C13H21F2NO4/c14-10(15)9-20-8-5-11(17)16-13(12(18)19)6-3-1-2-4-7-13/h10H,1-9H2,(H,16,17)(H,18,19). The van der Waals surface area contributed by atoms with Gasteiger partial charge in [-0.1, -0.05) is 25.7 Å². The van der Waals surface area contributed by atoms with E-state index >= 15 is 0 Å². The minimum Gasteiger partial charge on any atom is -0.480 e. The van der Waals surface area contributed by atoms with Crippen molar-refractivity contribution in [2.24, 2.45) is 0 Å². The highest BCUT2D eigenvalue weighted by molar-refractivity contribution is 5.87. The molecule has 0 aromatic carbocycles. The molecule has 0 heterocycles. The molecule has 20 heavy (non-hydrogen) atoms. The molecule has 0 radical (unpaired) electrons. The van der Waals surface area contributed by atoms with Crippen molar-refractivity contribution in [3.05, 3.63) is 0 Å². The lowest BCUT2D eigenvalue weighted by Gasteiger charge is -2.29. The fraction of sp³-hybridized carbons (Fsp3) is 0.846. The third-order valence-corrected chi connectivity index (χ3v) is 3.46. The number of rotatable bonds is 7. The Hall–Kier alpha value is -1.24. The van der Waals surface area contributed by atoms with Gasteiger partial charge < -0.3 is 15.2 Å². The molecule has 1 aliphatic carbocycles. The molecule has 5 nitrogen and oxygen atoms in total. The van der Waals surface area contributed by atoms with Crippen molar-refractivity contribution in [2.75, 3.05) is 13.2 Å². The number of halogens is 2. The monoisotopic (exact) mass is 293 g/mol. The summed E-state index contributed by atoms with van der Waals surface area (Å²) in [5.41, 5.74) is -1.21. The molecular formula is C13H21F2NO4. The Morgan fingerprint density at radius 1 is 1.20 bits per heavy atom. The van der Waals surface area contributed by atoms with Crippen LogP contribution in [0.25, 0.3) is 0 Å². The average Bonchev–Trinajstić information content (AvgIpc) is 2.61. The van der Waals surface area contributed by atoms with Gasteiger partial charge in [-0.25, -0.2) is 13.6 Å². The van der Waals surface area contributed by atoms with E-state index in [0.29, 0.717) is 12.8 Å². The van der Waals surface area contributed by atoms with Crippen LogP contribution in [0.1, 0.15) is 44.9 Å². The van der Waals surface area contributed by atoms with Crippen LogP contribution < -0.4 is 5.32 Å². The molecule has 1 amide bonds. The normalized spacial score (nSPS) is 18.6. The molecule has 0 aromatic rings. The van der Waals surface area contributed by atoms with Crippen molar-refractivity contribution in [2.45, 2.75) is 56.9 Å². The predicted octanol–water partition coefficient (Wildman–Crippen LogP) is 1.95. The lowest BCUT2D eigenvalue weighted by atomic mass is 9.90. The Kier molecular flexibility index (Phi) is 6.84. The van der Waals surface area contributed by atoms with Gasteiger partial charge in [0.25, 0.3) is 6.43 Å². The second-order valence-electron chi connectivity index (χ2n) is 5.07. The summed E-state index contributed by atoms with van der Waals surface area (Å²) in [6.45, 7) is -0.844. The molecule has 0 spiro atoms. The molecule has 0 saturated heterocycles. The Balaban J connectivity index is 2.44. The predicted molar refractivity (Wildman–Crippen MR) is 67.7 cm³/mol. The summed E-state index contributed by atoms with van der Waals surface area (Å²) in [6, 6.07) is 0. The topological polar surface area (TPSA) is 75.6 Å². The Morgan fingerprint density at radius 3 is 2.30 bits per heavy atom. The second-order valence-corrected chi connectivity index (χ2v) is 5.07. The van der Waals surface area contributed by atoms with Crippen LogP contribution in [0.5, 0.6) is 0 Å². The highest BCUT2D eigenvalue weighted by Gasteiger charge is 2.39. The molecule has 7 heteroatoms. The second kappa shape index (κ2) is 8.14. The van der Waals surface area contributed by atoms with Crippen molar-refractivity contribution in [3.8, 4) is 0 Å². The first-order valence-electron chi connectivity index (χ1n) is 6.86. The van der Waals surface area contributed by atoms with Crippen LogP contribution in [0.15, 0.2) is 0 Å². The first-order chi connectivity index (χ1) is 9.46. The highest BCUT2D eigenvalue weighted by Crippen LogP contribution is 2.27. The van der Waals surface area contributed by atoms with Crippen LogP contribution in [0, 0.1) is 0 Å². The third-order valence-electron chi connectivity index (χ3n) is 3.46. The van der Waals surface area contributed by atoms with Crippen LogP contribution in [0.3, 0.4) is 0 Å². The van der Waals surface area contributed by atoms with Gasteiger partial charge in [-0.3, -0.25) is 4.79 Å². The zero-order valence-corrected chi connectivity index (χ0v) is 11.4. The fourth-order valence-corrected chi connectivity index (χ4v) is 2.39. The molecule has 0 bridgehead atoms. The Bertz CT molecular complexity index is 328. The van der Waals surface area contributed by atoms with Gasteiger partial charge in [-0.2, -0.15) is 0 Å². The van der Waals surface area contributed by atoms with Gasteiger partial charge in [-0.15, -0.1) is 0 Å². The van der Waals surface area contributed by atoms with E-state index in [1.165, 1.54) is 0 Å². The number of alkyl halides is 2. The van der Waals surface area contributed by atoms with E-state index in [2.05, 4.69) is 10.1 Å². The molecular weight excluding hydrogens is 272 g/mol. The summed E-state index contributed by atoms with van der Waals surface area (Å²) in [7, 11) is 0. The number of carbonyl (C=O) groups is 2. The van der Waals surface area contributed by atoms with Crippen LogP contribution in [-0.4, -0.2) is 42.2 Å². The van der Waals surface area contributed by atoms with Crippen molar-refractivity contribution >= 4 is 11.9 Å². The van der Waals surface area contributed by atoms with Crippen molar-refractivity contribution in [1.29, 1.82) is 0 Å². The number of carbonyl (C=O) groups excluding carboxylic acids is 1. The molecule has 1 fully saturated rings. The van der Waals surface area contributed by atoms with Gasteiger partial charge in [-0.05, 0) is 12.8 Å². The van der Waals surface area contributed by atoms with E-state index in [0.717, 1.165) is 25.7 Å². The average molecular weight is 293 g/mol. The van der Waals surface area contributed by atoms with E-state index in [4.69, 9.17) is 0 Å². The quantitative estimate of drug-likeness (QED) is 0.555. The lowest BCUT2D eigenvalue weighted by Crippen LogP contribution is -2.54. The Morgan fingerprint density at radius 2 is 1.80 bits per heavy atom. The first kappa shape index (κ1) is 16.8. The highest BCUT2D eigenvalue weighted by atomic mass is 19.3. The maximum atomic E-state index is 11.8. The van der Waals surface area contributed by atoms with Gasteiger partial charge in [0.1, 0.15) is 12.1 Å². The molecule has 0 atom stereocenters. The minimum absolute atomic E-state index is 0.109. The molecule has 0 unspecified atom stereocenters. The van der Waals surface area contributed by atoms with Gasteiger partial charge in [0.15, 0.2) is 0 Å². The number of nitrogens with one attached hydrogen (secondary N) is 1. The zero-order valence-electron chi connectivity index (χ0n) is 11.4. The number of carboxylic acids is 1. The van der Waals surface area contributed by atoms with Crippen LogP contribution >= 0.6 is 0 Å². The summed E-state index contributed by atoms with van der Waals surface area (Å²) in [4.78, 5) is 23.2. The molecule has 1 aliphatic rings. The number of ether oxygens (including phenoxy) is 1. The van der Waals surface area contributed by atoms with E-state index in [9.17, 15) is 23.5 Å². The molecule has 0 aliphatic heterocycles. The maximum Gasteiger partial charge on any atom is 0.329 e. The van der Waals surface area contributed by atoms with E-state index in [-0.39, 0.29) is 13.0 Å². The van der Waals surface area contributed by atoms with Crippen LogP contribution in [0.2, 0.25) is 0 Å². The summed E-state index contributed by atoms with van der Waals surface area (Å²) < 4.78 is 28.3. The van der Waals surface area contributed by atoms with Crippen LogP contribution in [-0.2, 0) is 14.3 Å². The number of hydrogen-bond donors (Lipinski definition) is 2. The number of carboxylic acid groups (broad SMARTS) is 1. The van der Waals surface area contributed by atoms with Gasteiger partial charge >= 0.3 is 5.97 Å². The van der Waals surface area contributed by atoms with Crippen molar-refractivity contribution in [3.63, 3.8) is 0 Å². The maximum absolute atomic E-state index is 11.8. The van der Waals surface area contributed by atoms with Gasteiger partial charge in [0.05, 0.1) is 6.61 Å². The van der Waals surface area contributed by atoms with Gasteiger partial charge in [0, 0.05) is 6.42 Å². The Labute approximate surface area is 116 Å². The molecule has 0 aromatic heterocycles. The molecule has 2 N–H and O–H groups in total. The third kappa shape index (κ3) is 5.40. The summed E-state index contributed by atoms with van der Waals surface area (Å²) in [5, 5.41) is 11.9. The molecule has 116 valence electrons. The lowest BCUT2D eigenvalue weighted by molar-refractivity contribution is -0.148. The van der Waals surface area contributed by atoms with Gasteiger partial charge in [0.2, 0.25) is 5.91 Å². The number of hydrogen-bond acceptors (Lipinski definition) is 3. The minimum atomic E-state index is -2.56. The van der Waals surface area contributed by atoms with E-state index in [1.807, 2.05) is 0 Å². The van der Waals surface area contributed by atoms with Crippen molar-refractivity contribution < 1.29 is 28.2 Å². The van der Waals surface area contributed by atoms with Crippen LogP contribution in [0.4, 0.5) is 8.78 Å². The summed E-state index contributed by atoms with van der Waals surface area (Å²) >= 11 is 0. The van der Waals surface area contributed by atoms with Crippen molar-refractivity contribution in [1.82, 2.24) is 5.32 Å². The number of aliphatic carboxylic acids is 1. The SMILES string of the molecule is O=C(CCOCC(F)F)NC1(C(=O)O)CCCCCC1. The summed E-state index contributed by atoms with van der Waals surface area (Å²) in [5.74, 6) is -1.50. The fourth-order valence-electron chi connectivity index (χ4n) is 2.39. The molecule has 1 saturated carbocycles. The first-order valence-corrected chi connectivity index (χ1v) is 6.86. The summed E-state index contributed by atoms with van der Waals surface area (Å²) in [6.07, 6.45) is 1.58. The number of amides is 1. The largest absolute Gasteiger partial charge is 0.480 e. The van der Waals surface area contributed by atoms with E-state index in [1.54, 1.807) is 0 Å². The smallest absolute Gasteiger partial charge is 0.329 e. The zero-order chi connectivity index (χ0) is 15.0. The molecule has 1 rings (SSSR count).